The molecule has 1 aliphatic rings. The van der Waals surface area contributed by atoms with E-state index in [1.807, 2.05) is 0 Å². The monoisotopic (exact) mass is 295 g/mol. The first-order valence-corrected chi connectivity index (χ1v) is 6.96. The van der Waals surface area contributed by atoms with Gasteiger partial charge in [-0.3, -0.25) is 9.59 Å². The summed E-state index contributed by atoms with van der Waals surface area (Å²) in [7, 11) is 0. The molecule has 5 nitrogen and oxygen atoms in total. The second-order valence-electron chi connectivity index (χ2n) is 4.91. The van der Waals surface area contributed by atoms with Gasteiger partial charge in [-0.25, -0.2) is 0 Å². The van der Waals surface area contributed by atoms with E-state index in [9.17, 15) is 9.59 Å². The molecule has 0 radical (unpaired) electrons. The molecule has 0 unspecified atom stereocenters. The SMILES string of the molecule is C[C@@H](N)C(=O)N1CCN(C(=O)c2ccc(Cl)cc2)CC1. The van der Waals surface area contributed by atoms with Crippen molar-refractivity contribution in [2.45, 2.75) is 13.0 Å². The quantitative estimate of drug-likeness (QED) is 0.884. The van der Waals surface area contributed by atoms with E-state index in [4.69, 9.17) is 17.3 Å². The van der Waals surface area contributed by atoms with Gasteiger partial charge in [-0.15, -0.1) is 0 Å². The van der Waals surface area contributed by atoms with Crippen LogP contribution in [0.5, 0.6) is 0 Å². The maximum atomic E-state index is 12.3. The van der Waals surface area contributed by atoms with Crippen LogP contribution >= 0.6 is 11.6 Å². The number of hydrogen-bond donors (Lipinski definition) is 1. The first-order chi connectivity index (χ1) is 9.49. The lowest BCUT2D eigenvalue weighted by molar-refractivity contribution is -0.133. The minimum absolute atomic E-state index is 0.0328. The van der Waals surface area contributed by atoms with E-state index in [1.54, 1.807) is 41.0 Å². The van der Waals surface area contributed by atoms with Crippen LogP contribution in [0.15, 0.2) is 24.3 Å². The Morgan fingerprint density at radius 3 is 2.10 bits per heavy atom. The zero-order chi connectivity index (χ0) is 14.7. The number of hydrogen-bond acceptors (Lipinski definition) is 3. The molecule has 1 aromatic carbocycles. The summed E-state index contributed by atoms with van der Waals surface area (Å²) in [5.74, 6) is -0.0989. The molecule has 0 aromatic heterocycles. The smallest absolute Gasteiger partial charge is 0.253 e. The molecule has 1 heterocycles. The number of amides is 2. The molecule has 0 saturated carbocycles. The summed E-state index contributed by atoms with van der Waals surface area (Å²) in [4.78, 5) is 27.5. The van der Waals surface area contributed by atoms with Gasteiger partial charge < -0.3 is 15.5 Å². The predicted molar refractivity (Wildman–Crippen MR) is 77.6 cm³/mol. The van der Waals surface area contributed by atoms with Gasteiger partial charge in [0.1, 0.15) is 0 Å². The fraction of sp³-hybridized carbons (Fsp3) is 0.429. The van der Waals surface area contributed by atoms with Gasteiger partial charge in [0.15, 0.2) is 0 Å². The van der Waals surface area contributed by atoms with Crippen molar-refractivity contribution in [3.05, 3.63) is 34.9 Å². The average molecular weight is 296 g/mol. The predicted octanol–water partition coefficient (Wildman–Crippen LogP) is 0.972. The van der Waals surface area contributed by atoms with Crippen molar-refractivity contribution in [2.24, 2.45) is 5.73 Å². The summed E-state index contributed by atoms with van der Waals surface area (Å²) in [5.41, 5.74) is 6.19. The molecule has 6 heteroatoms. The highest BCUT2D eigenvalue weighted by Gasteiger charge is 2.25. The van der Waals surface area contributed by atoms with Crippen molar-refractivity contribution in [3.63, 3.8) is 0 Å². The molecular formula is C14H18ClN3O2. The molecule has 0 spiro atoms. The van der Waals surface area contributed by atoms with E-state index < -0.39 is 6.04 Å². The van der Waals surface area contributed by atoms with Gasteiger partial charge in [0.2, 0.25) is 5.91 Å². The van der Waals surface area contributed by atoms with Crippen LogP contribution in [0.1, 0.15) is 17.3 Å². The first kappa shape index (κ1) is 14.8. The lowest BCUT2D eigenvalue weighted by Gasteiger charge is -2.35. The third-order valence-electron chi connectivity index (χ3n) is 3.36. The fourth-order valence-electron chi connectivity index (χ4n) is 2.19. The molecule has 2 N–H and O–H groups in total. The van der Waals surface area contributed by atoms with Crippen molar-refractivity contribution in [2.75, 3.05) is 26.2 Å². The van der Waals surface area contributed by atoms with Gasteiger partial charge in [0.25, 0.3) is 5.91 Å². The van der Waals surface area contributed by atoms with Crippen LogP contribution in [0.4, 0.5) is 0 Å². The Morgan fingerprint density at radius 1 is 1.10 bits per heavy atom. The number of halogens is 1. The van der Waals surface area contributed by atoms with E-state index >= 15 is 0 Å². The highest BCUT2D eigenvalue weighted by atomic mass is 35.5. The molecule has 0 aliphatic carbocycles. The highest BCUT2D eigenvalue weighted by molar-refractivity contribution is 6.30. The third kappa shape index (κ3) is 3.29. The zero-order valence-corrected chi connectivity index (χ0v) is 12.1. The van der Waals surface area contributed by atoms with Gasteiger partial charge in [0.05, 0.1) is 6.04 Å². The number of carbonyl (C=O) groups excluding carboxylic acids is 2. The van der Waals surface area contributed by atoms with E-state index in [2.05, 4.69) is 0 Å². The van der Waals surface area contributed by atoms with E-state index in [-0.39, 0.29) is 11.8 Å². The third-order valence-corrected chi connectivity index (χ3v) is 3.61. The van der Waals surface area contributed by atoms with Gasteiger partial charge in [-0.05, 0) is 31.2 Å². The Morgan fingerprint density at radius 2 is 1.60 bits per heavy atom. The highest BCUT2D eigenvalue weighted by Crippen LogP contribution is 2.13. The van der Waals surface area contributed by atoms with Crippen molar-refractivity contribution >= 4 is 23.4 Å². The largest absolute Gasteiger partial charge is 0.338 e. The Labute approximate surface area is 123 Å². The Kier molecular flexibility index (Phi) is 4.62. The van der Waals surface area contributed by atoms with Gasteiger partial charge >= 0.3 is 0 Å². The van der Waals surface area contributed by atoms with E-state index in [1.165, 1.54) is 0 Å². The minimum atomic E-state index is -0.492. The second kappa shape index (κ2) is 6.24. The maximum absolute atomic E-state index is 12.3. The van der Waals surface area contributed by atoms with Crippen LogP contribution in [-0.4, -0.2) is 53.8 Å². The lowest BCUT2D eigenvalue weighted by atomic mass is 10.1. The molecular weight excluding hydrogens is 278 g/mol. The number of nitrogens with zero attached hydrogens (tertiary/aromatic N) is 2. The number of rotatable bonds is 2. The van der Waals surface area contributed by atoms with Crippen LogP contribution in [-0.2, 0) is 4.79 Å². The van der Waals surface area contributed by atoms with Crippen LogP contribution < -0.4 is 5.73 Å². The summed E-state index contributed by atoms with van der Waals surface area (Å²) in [6, 6.07) is 6.33. The molecule has 1 aliphatic heterocycles. The van der Waals surface area contributed by atoms with Gasteiger partial charge in [-0.2, -0.15) is 0 Å². The first-order valence-electron chi connectivity index (χ1n) is 6.58. The number of nitrogens with two attached hydrogens (primary N) is 1. The number of benzene rings is 1. The van der Waals surface area contributed by atoms with Gasteiger partial charge in [-0.1, -0.05) is 11.6 Å². The van der Waals surface area contributed by atoms with Crippen molar-refractivity contribution in [1.82, 2.24) is 9.80 Å². The fourth-order valence-corrected chi connectivity index (χ4v) is 2.32. The zero-order valence-electron chi connectivity index (χ0n) is 11.4. The summed E-state index contributed by atoms with van der Waals surface area (Å²) in [5, 5.41) is 0.605. The average Bonchev–Trinajstić information content (AvgIpc) is 2.46. The molecule has 0 bridgehead atoms. The number of carbonyl (C=O) groups is 2. The molecule has 1 saturated heterocycles. The molecule has 1 fully saturated rings. The number of piperazine rings is 1. The summed E-state index contributed by atoms with van der Waals surface area (Å²) in [6.07, 6.45) is 0. The normalized spacial score (nSPS) is 16.9. The Hall–Kier alpha value is -1.59. The van der Waals surface area contributed by atoms with E-state index in [0.717, 1.165) is 0 Å². The van der Waals surface area contributed by atoms with Gasteiger partial charge in [0, 0.05) is 36.8 Å². The van der Waals surface area contributed by atoms with Crippen molar-refractivity contribution < 1.29 is 9.59 Å². The summed E-state index contributed by atoms with van der Waals surface area (Å²) < 4.78 is 0. The van der Waals surface area contributed by atoms with Crippen LogP contribution in [0, 0.1) is 0 Å². The molecule has 108 valence electrons. The Bertz CT molecular complexity index is 494. The van der Waals surface area contributed by atoms with E-state index in [0.29, 0.717) is 36.8 Å². The maximum Gasteiger partial charge on any atom is 0.253 e. The second-order valence-corrected chi connectivity index (χ2v) is 5.35. The Balaban J connectivity index is 1.95. The van der Waals surface area contributed by atoms with Crippen LogP contribution in [0.2, 0.25) is 5.02 Å². The summed E-state index contributed by atoms with van der Waals surface area (Å²) in [6.45, 7) is 3.78. The minimum Gasteiger partial charge on any atom is -0.338 e. The molecule has 2 amide bonds. The van der Waals surface area contributed by atoms with Crippen molar-refractivity contribution in [3.8, 4) is 0 Å². The van der Waals surface area contributed by atoms with Crippen LogP contribution in [0.25, 0.3) is 0 Å². The lowest BCUT2D eigenvalue weighted by Crippen LogP contribution is -2.53. The molecule has 1 atom stereocenters. The standard InChI is InChI=1S/C14H18ClN3O2/c1-10(16)13(19)17-6-8-18(9-7-17)14(20)11-2-4-12(15)5-3-11/h2-5,10H,6-9,16H2,1H3/t10-/m1/s1. The van der Waals surface area contributed by atoms with Crippen LogP contribution in [0.3, 0.4) is 0 Å². The molecule has 20 heavy (non-hydrogen) atoms. The molecule has 1 aromatic rings. The molecule has 2 rings (SSSR count). The topological polar surface area (TPSA) is 66.6 Å². The summed E-state index contributed by atoms with van der Waals surface area (Å²) >= 11 is 5.80. The van der Waals surface area contributed by atoms with Crippen molar-refractivity contribution in [1.29, 1.82) is 0 Å².